The molecule has 112 valence electrons. The summed E-state index contributed by atoms with van der Waals surface area (Å²) in [5.74, 6) is 0.752. The number of fused-ring (bicyclic) bond motifs is 1. The standard InChI is InChI=1S/C14H28O3SSi/c1-14(2,3)19(4,5)17-13-10(8-15)6-7-12-11(13)9-16-18-12/h10-13,15H,6-9H2,1-5H3/t10-,11-,12-,13?/m1/s1. The lowest BCUT2D eigenvalue weighted by atomic mass is 9.79. The van der Waals surface area contributed by atoms with Gasteiger partial charge >= 0.3 is 0 Å². The monoisotopic (exact) mass is 304 g/mol. The second-order valence-corrected chi connectivity index (χ2v) is 13.2. The fourth-order valence-electron chi connectivity index (χ4n) is 2.74. The van der Waals surface area contributed by atoms with Crippen LogP contribution in [0.1, 0.15) is 33.6 Å². The van der Waals surface area contributed by atoms with Crippen molar-refractivity contribution in [2.75, 3.05) is 13.2 Å². The SMILES string of the molecule is CC(C)(C)[Si](C)(C)OC1[C@@H](CO)CC[C@H]2SOC[C@@H]12. The van der Waals surface area contributed by atoms with E-state index >= 15 is 0 Å². The van der Waals surface area contributed by atoms with Crippen molar-refractivity contribution in [1.82, 2.24) is 0 Å². The average molecular weight is 305 g/mol. The van der Waals surface area contributed by atoms with E-state index in [-0.39, 0.29) is 23.7 Å². The van der Waals surface area contributed by atoms with Crippen LogP contribution in [0.15, 0.2) is 0 Å². The first-order valence-corrected chi connectivity index (χ1v) is 11.0. The van der Waals surface area contributed by atoms with Crippen LogP contribution in [0, 0.1) is 11.8 Å². The molecule has 1 unspecified atom stereocenters. The molecule has 1 aliphatic carbocycles. The molecule has 0 amide bonds. The molecule has 1 N–H and O–H groups in total. The van der Waals surface area contributed by atoms with Crippen molar-refractivity contribution < 1.29 is 13.7 Å². The van der Waals surface area contributed by atoms with Gasteiger partial charge in [0.2, 0.25) is 0 Å². The van der Waals surface area contributed by atoms with E-state index in [0.717, 1.165) is 19.4 Å². The molecule has 1 saturated heterocycles. The summed E-state index contributed by atoms with van der Waals surface area (Å²) < 4.78 is 12.2. The molecule has 1 heterocycles. The second-order valence-electron chi connectivity index (χ2n) is 7.45. The van der Waals surface area contributed by atoms with Gasteiger partial charge in [-0.25, -0.2) is 0 Å². The molecule has 1 aliphatic heterocycles. The van der Waals surface area contributed by atoms with Gasteiger partial charge in [0, 0.05) is 23.7 Å². The smallest absolute Gasteiger partial charge is 0.192 e. The van der Waals surface area contributed by atoms with Crippen molar-refractivity contribution in [1.29, 1.82) is 0 Å². The first-order chi connectivity index (χ1) is 8.76. The highest BCUT2D eigenvalue weighted by molar-refractivity contribution is 7.95. The molecule has 0 aromatic rings. The molecule has 4 atom stereocenters. The van der Waals surface area contributed by atoms with Gasteiger partial charge in [0.05, 0.1) is 12.7 Å². The molecule has 2 aliphatic rings. The molecule has 5 heteroatoms. The van der Waals surface area contributed by atoms with Gasteiger partial charge in [-0.1, -0.05) is 20.8 Å². The summed E-state index contributed by atoms with van der Waals surface area (Å²) >= 11 is 1.63. The number of hydrogen-bond donors (Lipinski definition) is 1. The van der Waals surface area contributed by atoms with Gasteiger partial charge in [0.25, 0.3) is 0 Å². The number of aliphatic hydroxyl groups is 1. The van der Waals surface area contributed by atoms with E-state index in [2.05, 4.69) is 33.9 Å². The Hall–Kier alpha value is 0.447. The lowest BCUT2D eigenvalue weighted by Crippen LogP contribution is -2.52. The summed E-state index contributed by atoms with van der Waals surface area (Å²) in [4.78, 5) is 0. The first-order valence-electron chi connectivity index (χ1n) is 7.33. The van der Waals surface area contributed by atoms with Crippen molar-refractivity contribution in [3.63, 3.8) is 0 Å². The summed E-state index contributed by atoms with van der Waals surface area (Å²) in [7, 11) is -1.79. The molecular formula is C14H28O3SSi. The van der Waals surface area contributed by atoms with Crippen LogP contribution < -0.4 is 0 Å². The van der Waals surface area contributed by atoms with Gasteiger partial charge in [-0.15, -0.1) is 0 Å². The Morgan fingerprint density at radius 2 is 2.00 bits per heavy atom. The topological polar surface area (TPSA) is 38.7 Å². The zero-order chi connectivity index (χ0) is 14.3. The molecule has 2 fully saturated rings. The average Bonchev–Trinajstić information content (AvgIpc) is 2.76. The first kappa shape index (κ1) is 15.8. The molecule has 0 radical (unpaired) electrons. The minimum atomic E-state index is -1.79. The third kappa shape index (κ3) is 3.21. The quantitative estimate of drug-likeness (QED) is 0.640. The molecule has 2 rings (SSSR count). The van der Waals surface area contributed by atoms with Crippen LogP contribution >= 0.6 is 12.0 Å². The zero-order valence-electron chi connectivity index (χ0n) is 12.8. The van der Waals surface area contributed by atoms with Crippen LogP contribution in [0.5, 0.6) is 0 Å². The van der Waals surface area contributed by atoms with Crippen LogP contribution in [0.25, 0.3) is 0 Å². The fraction of sp³-hybridized carbons (Fsp3) is 1.00. The molecular weight excluding hydrogens is 276 g/mol. The fourth-order valence-corrected chi connectivity index (χ4v) is 5.16. The predicted molar refractivity (Wildman–Crippen MR) is 82.7 cm³/mol. The lowest BCUT2D eigenvalue weighted by Gasteiger charge is -2.45. The van der Waals surface area contributed by atoms with Gasteiger partial charge in [0.15, 0.2) is 8.32 Å². The van der Waals surface area contributed by atoms with E-state index in [1.165, 1.54) is 0 Å². The Morgan fingerprint density at radius 3 is 2.58 bits per heavy atom. The van der Waals surface area contributed by atoms with E-state index in [1.807, 2.05) is 0 Å². The van der Waals surface area contributed by atoms with Crippen LogP contribution in [-0.2, 0) is 8.61 Å². The van der Waals surface area contributed by atoms with E-state index in [4.69, 9.17) is 8.61 Å². The third-order valence-electron chi connectivity index (χ3n) is 5.11. The largest absolute Gasteiger partial charge is 0.413 e. The van der Waals surface area contributed by atoms with Gasteiger partial charge in [-0.3, -0.25) is 0 Å². The highest BCUT2D eigenvalue weighted by Gasteiger charge is 2.48. The van der Waals surface area contributed by atoms with Crippen LogP contribution in [-0.4, -0.2) is 38.0 Å². The van der Waals surface area contributed by atoms with Crippen molar-refractivity contribution in [2.24, 2.45) is 11.8 Å². The summed E-state index contributed by atoms with van der Waals surface area (Å²) in [6.07, 6.45) is 2.39. The Labute approximate surface area is 122 Å². The van der Waals surface area contributed by atoms with Crippen molar-refractivity contribution in [3.05, 3.63) is 0 Å². The van der Waals surface area contributed by atoms with E-state index in [0.29, 0.717) is 11.2 Å². The maximum Gasteiger partial charge on any atom is 0.192 e. The Morgan fingerprint density at radius 1 is 1.32 bits per heavy atom. The Balaban J connectivity index is 2.14. The maximum atomic E-state index is 9.67. The van der Waals surface area contributed by atoms with Crippen LogP contribution in [0.2, 0.25) is 18.1 Å². The molecule has 1 saturated carbocycles. The van der Waals surface area contributed by atoms with Crippen molar-refractivity contribution in [3.8, 4) is 0 Å². The summed E-state index contributed by atoms with van der Waals surface area (Å²) in [6.45, 7) is 12.4. The van der Waals surface area contributed by atoms with Crippen molar-refractivity contribution in [2.45, 2.75) is 63.1 Å². The summed E-state index contributed by atoms with van der Waals surface area (Å²) in [5, 5.41) is 10.5. The molecule has 0 spiro atoms. The highest BCUT2D eigenvalue weighted by Crippen LogP contribution is 2.47. The lowest BCUT2D eigenvalue weighted by molar-refractivity contribution is 0.000927. The molecule has 19 heavy (non-hydrogen) atoms. The third-order valence-corrected chi connectivity index (χ3v) is 10.7. The Kier molecular flexibility index (Phi) is 4.73. The highest BCUT2D eigenvalue weighted by atomic mass is 32.2. The van der Waals surface area contributed by atoms with E-state index in [1.54, 1.807) is 12.0 Å². The molecule has 0 bridgehead atoms. The van der Waals surface area contributed by atoms with Gasteiger partial charge in [-0.05, 0) is 43.0 Å². The van der Waals surface area contributed by atoms with E-state index < -0.39 is 8.32 Å². The van der Waals surface area contributed by atoms with Crippen molar-refractivity contribution >= 4 is 20.4 Å². The van der Waals surface area contributed by atoms with Crippen LogP contribution in [0.4, 0.5) is 0 Å². The summed E-state index contributed by atoms with van der Waals surface area (Å²) in [5.41, 5.74) is 0. The number of rotatable bonds is 3. The van der Waals surface area contributed by atoms with Gasteiger partial charge in [0.1, 0.15) is 0 Å². The molecule has 0 aromatic carbocycles. The maximum absolute atomic E-state index is 9.67. The van der Waals surface area contributed by atoms with Crippen LogP contribution in [0.3, 0.4) is 0 Å². The van der Waals surface area contributed by atoms with E-state index in [9.17, 15) is 5.11 Å². The molecule has 0 aromatic heterocycles. The minimum absolute atomic E-state index is 0.180. The zero-order valence-corrected chi connectivity index (χ0v) is 14.6. The number of aliphatic hydroxyl groups excluding tert-OH is 1. The Bertz CT molecular complexity index is 316. The van der Waals surface area contributed by atoms with Gasteiger partial charge < -0.3 is 13.7 Å². The van der Waals surface area contributed by atoms with Gasteiger partial charge in [-0.2, -0.15) is 0 Å². The molecule has 3 nitrogen and oxygen atoms in total. The predicted octanol–water partition coefficient (Wildman–Crippen LogP) is 3.44. The summed E-state index contributed by atoms with van der Waals surface area (Å²) in [6, 6.07) is 0. The minimum Gasteiger partial charge on any atom is -0.413 e. The number of hydrogen-bond acceptors (Lipinski definition) is 4. The normalized spacial score (nSPS) is 36.3. The second kappa shape index (κ2) is 5.68.